The first-order chi connectivity index (χ1) is 11.6. The Morgan fingerprint density at radius 2 is 1.84 bits per heavy atom. The van der Waals surface area contributed by atoms with Crippen LogP contribution in [0, 0.1) is 0 Å². The van der Waals surface area contributed by atoms with E-state index in [-0.39, 0.29) is 5.69 Å². The Morgan fingerprint density at radius 3 is 2.48 bits per heavy atom. The molecule has 5 nitrogen and oxygen atoms in total. The molecule has 9 heteroatoms. The largest absolute Gasteiger partial charge is 0.417 e. The van der Waals surface area contributed by atoms with E-state index in [0.29, 0.717) is 12.5 Å². The van der Waals surface area contributed by atoms with Crippen LogP contribution in [0.15, 0.2) is 47.4 Å². The maximum atomic E-state index is 13.2. The second kappa shape index (κ2) is 6.01. The van der Waals surface area contributed by atoms with E-state index in [0.717, 1.165) is 17.2 Å². The fourth-order valence-electron chi connectivity index (χ4n) is 3.02. The summed E-state index contributed by atoms with van der Waals surface area (Å²) in [5.74, 6) is 0. The molecule has 0 unspecified atom stereocenters. The van der Waals surface area contributed by atoms with Crippen LogP contribution in [0.3, 0.4) is 0 Å². The molecule has 0 aliphatic heterocycles. The van der Waals surface area contributed by atoms with Crippen LogP contribution in [0.25, 0.3) is 0 Å². The summed E-state index contributed by atoms with van der Waals surface area (Å²) in [4.78, 5) is -0.988. The normalized spacial score (nSPS) is 20.4. The van der Waals surface area contributed by atoms with E-state index < -0.39 is 38.8 Å². The van der Waals surface area contributed by atoms with Gasteiger partial charge in [0, 0.05) is 12.1 Å². The topological polar surface area (TPSA) is 92.4 Å². The summed E-state index contributed by atoms with van der Waals surface area (Å²) in [7, 11) is -4.52. The van der Waals surface area contributed by atoms with Crippen molar-refractivity contribution in [1.29, 1.82) is 0 Å². The Labute approximate surface area is 142 Å². The van der Waals surface area contributed by atoms with Gasteiger partial charge in [0.05, 0.1) is 22.6 Å². The van der Waals surface area contributed by atoms with Crippen molar-refractivity contribution in [3.63, 3.8) is 0 Å². The summed E-state index contributed by atoms with van der Waals surface area (Å²) >= 11 is 0. The second-order valence-corrected chi connectivity index (χ2v) is 7.38. The Balaban J connectivity index is 2.00. The summed E-state index contributed by atoms with van der Waals surface area (Å²) in [6, 6.07) is 9.33. The van der Waals surface area contributed by atoms with Crippen molar-refractivity contribution in [2.45, 2.75) is 29.6 Å². The van der Waals surface area contributed by atoms with Crippen molar-refractivity contribution in [3.8, 4) is 0 Å². The lowest BCUT2D eigenvalue weighted by Gasteiger charge is -2.21. The van der Waals surface area contributed by atoms with Crippen LogP contribution in [-0.2, 0) is 22.6 Å². The molecule has 0 bridgehead atoms. The predicted molar refractivity (Wildman–Crippen MR) is 85.3 cm³/mol. The highest BCUT2D eigenvalue weighted by Gasteiger charge is 2.37. The third-order valence-corrected chi connectivity index (χ3v) is 5.09. The quantitative estimate of drug-likeness (QED) is 0.772. The predicted octanol–water partition coefficient (Wildman–Crippen LogP) is 2.42. The van der Waals surface area contributed by atoms with Gasteiger partial charge in [-0.2, -0.15) is 13.2 Å². The van der Waals surface area contributed by atoms with Crippen LogP contribution in [0.5, 0.6) is 0 Å². The highest BCUT2D eigenvalue weighted by atomic mass is 32.2. The lowest BCUT2D eigenvalue weighted by atomic mass is 10.1. The standard InChI is InChI=1S/C16H15F3N2O3S/c17-16(18,19)12-8-10(5-6-14(12)25(20,23)24)21-15-11-4-2-1-3-9(11)7-13(15)22/h1-6,8,13,15,21-22H,7H2,(H2,20,23,24)/t13-,15+/m1/s1. The van der Waals surface area contributed by atoms with E-state index in [1.54, 1.807) is 12.1 Å². The van der Waals surface area contributed by atoms with Crippen molar-refractivity contribution in [2.75, 3.05) is 5.32 Å². The van der Waals surface area contributed by atoms with Gasteiger partial charge in [0.25, 0.3) is 0 Å². The highest BCUT2D eigenvalue weighted by molar-refractivity contribution is 7.89. The number of fused-ring (bicyclic) bond motifs is 1. The van der Waals surface area contributed by atoms with Gasteiger partial charge in [-0.1, -0.05) is 24.3 Å². The Bertz CT molecular complexity index is 913. The van der Waals surface area contributed by atoms with Gasteiger partial charge in [0.1, 0.15) is 0 Å². The van der Waals surface area contributed by atoms with Crippen LogP contribution in [0.1, 0.15) is 22.7 Å². The molecule has 4 N–H and O–H groups in total. The number of rotatable bonds is 3. The first kappa shape index (κ1) is 17.7. The fraction of sp³-hybridized carbons (Fsp3) is 0.250. The maximum Gasteiger partial charge on any atom is 0.417 e. The lowest BCUT2D eigenvalue weighted by Crippen LogP contribution is -2.22. The lowest BCUT2D eigenvalue weighted by molar-refractivity contribution is -0.139. The smallest absolute Gasteiger partial charge is 0.390 e. The first-order valence-electron chi connectivity index (χ1n) is 7.34. The molecule has 0 heterocycles. The van der Waals surface area contributed by atoms with Crippen LogP contribution >= 0.6 is 0 Å². The number of primary sulfonamides is 1. The number of nitrogens with one attached hydrogen (secondary N) is 1. The molecule has 0 spiro atoms. The van der Waals surface area contributed by atoms with Crippen LogP contribution in [0.4, 0.5) is 18.9 Å². The van der Waals surface area contributed by atoms with Crippen molar-refractivity contribution in [1.82, 2.24) is 0 Å². The molecule has 25 heavy (non-hydrogen) atoms. The van der Waals surface area contributed by atoms with Crippen LogP contribution in [0.2, 0.25) is 0 Å². The van der Waals surface area contributed by atoms with E-state index in [1.807, 2.05) is 12.1 Å². The van der Waals surface area contributed by atoms with Gasteiger partial charge in [-0.15, -0.1) is 0 Å². The molecule has 134 valence electrons. The van der Waals surface area contributed by atoms with Crippen molar-refractivity contribution in [3.05, 3.63) is 59.2 Å². The number of benzene rings is 2. The minimum absolute atomic E-state index is 0.0421. The number of aliphatic hydroxyl groups is 1. The summed E-state index contributed by atoms with van der Waals surface area (Å²) in [5, 5.41) is 17.9. The number of hydrogen-bond acceptors (Lipinski definition) is 4. The summed E-state index contributed by atoms with van der Waals surface area (Å²) in [5.41, 5.74) is 0.394. The zero-order chi connectivity index (χ0) is 18.4. The van der Waals surface area contributed by atoms with Gasteiger partial charge in [0.2, 0.25) is 10.0 Å². The SMILES string of the molecule is NS(=O)(=O)c1ccc(N[C@H]2c3ccccc3C[C@H]2O)cc1C(F)(F)F. The maximum absolute atomic E-state index is 13.2. The number of anilines is 1. The summed E-state index contributed by atoms with van der Waals surface area (Å²) in [6.07, 6.45) is -5.30. The molecule has 3 rings (SSSR count). The summed E-state index contributed by atoms with van der Waals surface area (Å²) in [6.45, 7) is 0. The van der Waals surface area contributed by atoms with Crippen molar-refractivity contribution >= 4 is 15.7 Å². The van der Waals surface area contributed by atoms with Gasteiger partial charge in [-0.05, 0) is 29.3 Å². The minimum atomic E-state index is -4.88. The van der Waals surface area contributed by atoms with Crippen LogP contribution in [-0.4, -0.2) is 19.6 Å². The average Bonchev–Trinajstić information content (AvgIpc) is 2.81. The first-order valence-corrected chi connectivity index (χ1v) is 8.88. The molecule has 1 aliphatic carbocycles. The number of hydrogen-bond donors (Lipinski definition) is 3. The van der Waals surface area contributed by atoms with Gasteiger partial charge < -0.3 is 10.4 Å². The molecule has 0 saturated heterocycles. The molecular formula is C16H15F3N2O3S. The number of sulfonamides is 1. The van der Waals surface area contributed by atoms with E-state index in [2.05, 4.69) is 5.32 Å². The number of nitrogens with two attached hydrogens (primary N) is 1. The van der Waals surface area contributed by atoms with E-state index in [1.165, 1.54) is 6.07 Å². The molecule has 1 aliphatic rings. The molecule has 0 radical (unpaired) electrons. The third-order valence-electron chi connectivity index (χ3n) is 4.12. The van der Waals surface area contributed by atoms with Crippen molar-refractivity contribution < 1.29 is 26.7 Å². The Hall–Kier alpha value is -2.10. The van der Waals surface area contributed by atoms with E-state index in [9.17, 15) is 26.7 Å². The molecule has 2 aromatic carbocycles. The number of aliphatic hydroxyl groups excluding tert-OH is 1. The minimum Gasteiger partial charge on any atom is -0.390 e. The van der Waals surface area contributed by atoms with Gasteiger partial charge in [-0.3, -0.25) is 0 Å². The van der Waals surface area contributed by atoms with Gasteiger partial charge in [-0.25, -0.2) is 13.6 Å². The molecule has 0 saturated carbocycles. The van der Waals surface area contributed by atoms with E-state index in [4.69, 9.17) is 5.14 Å². The molecule has 0 fully saturated rings. The number of alkyl halides is 3. The zero-order valence-corrected chi connectivity index (χ0v) is 13.6. The summed E-state index contributed by atoms with van der Waals surface area (Å²) < 4.78 is 62.4. The average molecular weight is 372 g/mol. The molecule has 0 amide bonds. The molecular weight excluding hydrogens is 357 g/mol. The zero-order valence-electron chi connectivity index (χ0n) is 12.8. The molecule has 0 aromatic heterocycles. The third kappa shape index (κ3) is 3.48. The van der Waals surface area contributed by atoms with E-state index >= 15 is 0 Å². The van der Waals surface area contributed by atoms with Crippen molar-refractivity contribution in [2.24, 2.45) is 5.14 Å². The second-order valence-electron chi connectivity index (χ2n) is 5.85. The van der Waals surface area contributed by atoms with Crippen LogP contribution < -0.4 is 10.5 Å². The van der Waals surface area contributed by atoms with Gasteiger partial charge >= 0.3 is 6.18 Å². The molecule has 2 atom stereocenters. The Kier molecular flexibility index (Phi) is 4.26. The number of halogens is 3. The molecule has 2 aromatic rings. The van der Waals surface area contributed by atoms with Gasteiger partial charge in [0.15, 0.2) is 0 Å². The highest BCUT2D eigenvalue weighted by Crippen LogP contribution is 2.38. The monoisotopic (exact) mass is 372 g/mol. The fourth-order valence-corrected chi connectivity index (χ4v) is 3.76. The Morgan fingerprint density at radius 1 is 1.16 bits per heavy atom.